The molecule has 1 saturated heterocycles. The summed E-state index contributed by atoms with van der Waals surface area (Å²) >= 11 is 5.35. The minimum Gasteiger partial charge on any atom is -0.494 e. The highest BCUT2D eigenvalue weighted by Gasteiger charge is 2.30. The van der Waals surface area contributed by atoms with E-state index in [1.165, 1.54) is 0 Å². The van der Waals surface area contributed by atoms with E-state index in [1.54, 1.807) is 0 Å². The van der Waals surface area contributed by atoms with E-state index in [1.807, 2.05) is 36.1 Å². The van der Waals surface area contributed by atoms with E-state index in [-0.39, 0.29) is 11.9 Å². The second-order valence-corrected chi connectivity index (χ2v) is 5.03. The standard InChI is InChI=1S/C14H19N3O2S/c1-2-19-11-7-5-10(6-8-11)16-14(20)17-9-3-4-12(17)13(15)18/h5-8,12H,2-4,9H2,1H3,(H2,15,18)(H,16,20)/t12-/m0/s1. The molecule has 1 aliphatic heterocycles. The summed E-state index contributed by atoms with van der Waals surface area (Å²) in [4.78, 5) is 13.2. The van der Waals surface area contributed by atoms with Crippen LogP contribution < -0.4 is 15.8 Å². The van der Waals surface area contributed by atoms with Gasteiger partial charge in [0.2, 0.25) is 5.91 Å². The molecule has 0 bridgehead atoms. The van der Waals surface area contributed by atoms with Crippen LogP contribution >= 0.6 is 12.2 Å². The summed E-state index contributed by atoms with van der Waals surface area (Å²) in [7, 11) is 0. The molecule has 3 N–H and O–H groups in total. The molecule has 5 nitrogen and oxygen atoms in total. The minimum atomic E-state index is -0.321. The van der Waals surface area contributed by atoms with E-state index < -0.39 is 0 Å². The number of carbonyl (C=O) groups excluding carboxylic acids is 1. The Morgan fingerprint density at radius 2 is 2.20 bits per heavy atom. The molecular weight excluding hydrogens is 274 g/mol. The summed E-state index contributed by atoms with van der Waals surface area (Å²) in [6.07, 6.45) is 1.69. The topological polar surface area (TPSA) is 67.6 Å². The first-order valence-corrected chi connectivity index (χ1v) is 7.12. The molecule has 1 aliphatic rings. The number of benzene rings is 1. The lowest BCUT2D eigenvalue weighted by Gasteiger charge is -2.25. The number of thiocarbonyl (C=S) groups is 1. The predicted molar refractivity (Wildman–Crippen MR) is 82.8 cm³/mol. The molecule has 0 aliphatic carbocycles. The van der Waals surface area contributed by atoms with Gasteiger partial charge in [-0.15, -0.1) is 0 Å². The summed E-state index contributed by atoms with van der Waals surface area (Å²) in [6, 6.07) is 7.26. The van der Waals surface area contributed by atoms with E-state index >= 15 is 0 Å². The van der Waals surface area contributed by atoms with Gasteiger partial charge in [-0.05, 0) is 56.2 Å². The number of anilines is 1. The van der Waals surface area contributed by atoms with Crippen LogP contribution in [0, 0.1) is 0 Å². The summed E-state index contributed by atoms with van der Waals surface area (Å²) in [6.45, 7) is 3.34. The lowest BCUT2D eigenvalue weighted by molar-refractivity contribution is -0.121. The molecule has 0 unspecified atom stereocenters. The van der Waals surface area contributed by atoms with Gasteiger partial charge in [-0.2, -0.15) is 0 Å². The number of nitrogens with one attached hydrogen (secondary N) is 1. The summed E-state index contributed by atoms with van der Waals surface area (Å²) in [5, 5.41) is 3.67. The highest BCUT2D eigenvalue weighted by atomic mass is 32.1. The maximum absolute atomic E-state index is 11.4. The van der Waals surface area contributed by atoms with Crippen LogP contribution in [0.15, 0.2) is 24.3 Å². The maximum Gasteiger partial charge on any atom is 0.240 e. The molecule has 0 radical (unpaired) electrons. The third-order valence-corrected chi connectivity index (χ3v) is 3.60. The van der Waals surface area contributed by atoms with Gasteiger partial charge in [0.25, 0.3) is 0 Å². The molecule has 0 saturated carbocycles. The maximum atomic E-state index is 11.4. The van der Waals surface area contributed by atoms with Crippen molar-refractivity contribution in [3.63, 3.8) is 0 Å². The Morgan fingerprint density at radius 3 is 2.80 bits per heavy atom. The Morgan fingerprint density at radius 1 is 1.50 bits per heavy atom. The number of hydrogen-bond acceptors (Lipinski definition) is 3. The van der Waals surface area contributed by atoms with Crippen molar-refractivity contribution < 1.29 is 9.53 Å². The third-order valence-electron chi connectivity index (χ3n) is 3.26. The number of hydrogen-bond donors (Lipinski definition) is 2. The fraction of sp³-hybridized carbons (Fsp3) is 0.429. The highest BCUT2D eigenvalue weighted by molar-refractivity contribution is 7.80. The van der Waals surface area contributed by atoms with Crippen LogP contribution in [-0.4, -0.2) is 35.1 Å². The number of carbonyl (C=O) groups is 1. The Kier molecular flexibility index (Phi) is 4.79. The normalized spacial score (nSPS) is 17.9. The fourth-order valence-electron chi connectivity index (χ4n) is 2.30. The molecule has 1 aromatic carbocycles. The SMILES string of the molecule is CCOc1ccc(NC(=S)N2CCC[C@H]2C(N)=O)cc1. The summed E-state index contributed by atoms with van der Waals surface area (Å²) in [5.74, 6) is 0.499. The number of rotatable bonds is 4. The van der Waals surface area contributed by atoms with Gasteiger partial charge in [0.15, 0.2) is 5.11 Å². The molecule has 20 heavy (non-hydrogen) atoms. The molecular formula is C14H19N3O2S. The second-order valence-electron chi connectivity index (χ2n) is 4.64. The van der Waals surface area contributed by atoms with E-state index in [9.17, 15) is 4.79 Å². The van der Waals surface area contributed by atoms with Crippen molar-refractivity contribution in [3.8, 4) is 5.75 Å². The zero-order chi connectivity index (χ0) is 14.5. The van der Waals surface area contributed by atoms with Crippen molar-refractivity contribution in [2.75, 3.05) is 18.5 Å². The number of ether oxygens (including phenoxy) is 1. The number of likely N-dealkylation sites (tertiary alicyclic amines) is 1. The van der Waals surface area contributed by atoms with Crippen LogP contribution in [0.5, 0.6) is 5.75 Å². The monoisotopic (exact) mass is 293 g/mol. The van der Waals surface area contributed by atoms with Gasteiger partial charge in [-0.3, -0.25) is 4.79 Å². The van der Waals surface area contributed by atoms with Crippen molar-refractivity contribution in [2.24, 2.45) is 5.73 Å². The zero-order valence-electron chi connectivity index (χ0n) is 11.5. The van der Waals surface area contributed by atoms with Crippen LogP contribution in [0.4, 0.5) is 5.69 Å². The number of nitrogens with zero attached hydrogens (tertiary/aromatic N) is 1. The molecule has 2 rings (SSSR count). The van der Waals surface area contributed by atoms with Crippen LogP contribution in [0.3, 0.4) is 0 Å². The average Bonchev–Trinajstić information content (AvgIpc) is 2.91. The zero-order valence-corrected chi connectivity index (χ0v) is 12.3. The van der Waals surface area contributed by atoms with Crippen LogP contribution in [0.2, 0.25) is 0 Å². The smallest absolute Gasteiger partial charge is 0.240 e. The van der Waals surface area contributed by atoms with Crippen molar-refractivity contribution in [2.45, 2.75) is 25.8 Å². The number of amides is 1. The van der Waals surface area contributed by atoms with Crippen molar-refractivity contribution in [1.29, 1.82) is 0 Å². The molecule has 6 heteroatoms. The Bertz CT molecular complexity index is 490. The molecule has 1 atom stereocenters. The number of nitrogens with two attached hydrogens (primary N) is 1. The minimum absolute atomic E-state index is 0.294. The van der Waals surface area contributed by atoms with Gasteiger partial charge in [0, 0.05) is 12.2 Å². The number of primary amides is 1. The molecule has 0 aromatic heterocycles. The van der Waals surface area contributed by atoms with Crippen molar-refractivity contribution >= 4 is 28.9 Å². The predicted octanol–water partition coefficient (Wildman–Crippen LogP) is 1.73. The van der Waals surface area contributed by atoms with Gasteiger partial charge in [-0.1, -0.05) is 0 Å². The van der Waals surface area contributed by atoms with E-state index in [4.69, 9.17) is 22.7 Å². The van der Waals surface area contributed by atoms with Gasteiger partial charge < -0.3 is 20.7 Å². The molecule has 1 amide bonds. The second kappa shape index (κ2) is 6.56. The van der Waals surface area contributed by atoms with Crippen LogP contribution in [0.1, 0.15) is 19.8 Å². The molecule has 1 aromatic rings. The quantitative estimate of drug-likeness (QED) is 0.828. The fourth-order valence-corrected chi connectivity index (χ4v) is 2.64. The van der Waals surface area contributed by atoms with Crippen LogP contribution in [0.25, 0.3) is 0 Å². The molecule has 108 valence electrons. The summed E-state index contributed by atoms with van der Waals surface area (Å²) in [5.41, 5.74) is 6.26. The Hall–Kier alpha value is -1.82. The first-order chi connectivity index (χ1) is 9.61. The van der Waals surface area contributed by atoms with Gasteiger partial charge >= 0.3 is 0 Å². The average molecular weight is 293 g/mol. The van der Waals surface area contributed by atoms with Crippen molar-refractivity contribution in [1.82, 2.24) is 4.90 Å². The van der Waals surface area contributed by atoms with Crippen molar-refractivity contribution in [3.05, 3.63) is 24.3 Å². The Balaban J connectivity index is 1.98. The van der Waals surface area contributed by atoms with Gasteiger partial charge in [-0.25, -0.2) is 0 Å². The first kappa shape index (κ1) is 14.6. The van der Waals surface area contributed by atoms with Crippen LogP contribution in [-0.2, 0) is 4.79 Å². The third kappa shape index (κ3) is 3.39. The lowest BCUT2D eigenvalue weighted by atomic mass is 10.2. The highest BCUT2D eigenvalue weighted by Crippen LogP contribution is 2.20. The Labute approximate surface area is 124 Å². The van der Waals surface area contributed by atoms with E-state index in [2.05, 4.69) is 5.32 Å². The molecule has 0 spiro atoms. The first-order valence-electron chi connectivity index (χ1n) is 6.71. The van der Waals surface area contributed by atoms with Gasteiger partial charge in [0.1, 0.15) is 11.8 Å². The molecule has 1 fully saturated rings. The van der Waals surface area contributed by atoms with Gasteiger partial charge in [0.05, 0.1) is 6.61 Å². The molecule has 1 heterocycles. The summed E-state index contributed by atoms with van der Waals surface area (Å²) < 4.78 is 5.38. The lowest BCUT2D eigenvalue weighted by Crippen LogP contribution is -2.45. The van der Waals surface area contributed by atoms with E-state index in [0.717, 1.165) is 30.8 Å². The van der Waals surface area contributed by atoms with E-state index in [0.29, 0.717) is 11.7 Å². The largest absolute Gasteiger partial charge is 0.494 e.